The first kappa shape index (κ1) is 12.5. The Balaban J connectivity index is 2.52. The smallest absolute Gasteiger partial charge is 0.344 e. The van der Waals surface area contributed by atoms with Crippen LogP contribution in [0.15, 0.2) is 24.3 Å². The van der Waals surface area contributed by atoms with Crippen LogP contribution in [0.25, 0.3) is 0 Å². The van der Waals surface area contributed by atoms with E-state index >= 15 is 0 Å². The summed E-state index contributed by atoms with van der Waals surface area (Å²) in [5, 5.41) is 1.78. The van der Waals surface area contributed by atoms with E-state index in [9.17, 15) is 18.0 Å². The summed E-state index contributed by atoms with van der Waals surface area (Å²) in [6.07, 6.45) is -4.84. The molecule has 3 nitrogen and oxygen atoms in total. The Labute approximate surface area is 90.4 Å². The summed E-state index contributed by atoms with van der Waals surface area (Å²) >= 11 is 0. The van der Waals surface area contributed by atoms with Crippen LogP contribution < -0.4 is 11.1 Å². The molecular formula is C10H11F3N2O. The van der Waals surface area contributed by atoms with E-state index in [0.717, 1.165) is 5.56 Å². The van der Waals surface area contributed by atoms with Gasteiger partial charge >= 0.3 is 12.1 Å². The van der Waals surface area contributed by atoms with Gasteiger partial charge in [0.25, 0.3) is 0 Å². The number of hydrogen-bond acceptors (Lipinski definition) is 2. The summed E-state index contributed by atoms with van der Waals surface area (Å²) < 4.78 is 35.5. The number of nitrogens with one attached hydrogen (secondary N) is 1. The van der Waals surface area contributed by atoms with Crippen molar-refractivity contribution in [1.82, 2.24) is 5.32 Å². The first-order chi connectivity index (χ1) is 7.43. The highest BCUT2D eigenvalue weighted by molar-refractivity contribution is 5.81. The molecule has 0 aliphatic rings. The highest BCUT2D eigenvalue weighted by Gasteiger charge is 2.38. The molecule has 0 atom stereocenters. The van der Waals surface area contributed by atoms with Gasteiger partial charge in [0.15, 0.2) is 0 Å². The van der Waals surface area contributed by atoms with Gasteiger partial charge in [0, 0.05) is 13.1 Å². The van der Waals surface area contributed by atoms with Crippen LogP contribution in [0.2, 0.25) is 0 Å². The molecule has 0 aliphatic carbocycles. The summed E-state index contributed by atoms with van der Waals surface area (Å²) in [6.45, 7) is 0.221. The molecule has 0 spiro atoms. The zero-order valence-electron chi connectivity index (χ0n) is 8.34. The van der Waals surface area contributed by atoms with Gasteiger partial charge in [-0.05, 0) is 11.1 Å². The van der Waals surface area contributed by atoms with E-state index in [4.69, 9.17) is 5.73 Å². The van der Waals surface area contributed by atoms with Crippen LogP contribution in [0.1, 0.15) is 11.1 Å². The molecule has 0 heterocycles. The molecule has 16 heavy (non-hydrogen) atoms. The fraction of sp³-hybridized carbons (Fsp3) is 0.300. The zero-order chi connectivity index (χ0) is 12.2. The van der Waals surface area contributed by atoms with Gasteiger partial charge in [-0.25, -0.2) is 0 Å². The minimum atomic E-state index is -4.84. The van der Waals surface area contributed by atoms with Crippen molar-refractivity contribution in [3.8, 4) is 0 Å². The second-order valence-corrected chi connectivity index (χ2v) is 3.20. The summed E-state index contributed by atoms with van der Waals surface area (Å²) in [7, 11) is 0. The number of carbonyl (C=O) groups is 1. The molecule has 1 amide bonds. The molecule has 0 unspecified atom stereocenters. The lowest BCUT2D eigenvalue weighted by atomic mass is 10.1. The Kier molecular flexibility index (Phi) is 3.89. The Morgan fingerprint density at radius 2 is 1.69 bits per heavy atom. The molecule has 0 bridgehead atoms. The Morgan fingerprint density at radius 1 is 1.19 bits per heavy atom. The standard InChI is InChI=1S/C10H11F3N2O/c11-10(12,13)9(16)15-6-8-3-1-7(5-14)2-4-8/h1-4H,5-6,14H2,(H,15,16). The number of hydrogen-bond donors (Lipinski definition) is 2. The summed E-state index contributed by atoms with van der Waals surface area (Å²) in [5.74, 6) is -1.93. The average Bonchev–Trinajstić information content (AvgIpc) is 2.25. The lowest BCUT2D eigenvalue weighted by molar-refractivity contribution is -0.173. The van der Waals surface area contributed by atoms with E-state index in [2.05, 4.69) is 0 Å². The third-order valence-corrected chi connectivity index (χ3v) is 1.97. The van der Waals surface area contributed by atoms with E-state index in [1.54, 1.807) is 29.6 Å². The number of amides is 1. The molecule has 1 aromatic carbocycles. The molecule has 0 radical (unpaired) electrons. The number of rotatable bonds is 3. The Hall–Kier alpha value is -1.56. The van der Waals surface area contributed by atoms with Crippen molar-refractivity contribution in [2.75, 3.05) is 0 Å². The topological polar surface area (TPSA) is 55.1 Å². The summed E-state index contributed by atoms with van der Waals surface area (Å²) in [5.41, 5.74) is 6.83. The molecule has 0 aromatic heterocycles. The third-order valence-electron chi connectivity index (χ3n) is 1.97. The first-order valence-electron chi connectivity index (χ1n) is 4.56. The van der Waals surface area contributed by atoms with Crippen molar-refractivity contribution in [2.24, 2.45) is 5.73 Å². The lowest BCUT2D eigenvalue weighted by Gasteiger charge is -2.08. The van der Waals surface area contributed by atoms with E-state index in [0.29, 0.717) is 12.1 Å². The summed E-state index contributed by atoms with van der Waals surface area (Å²) in [4.78, 5) is 10.5. The minimum Gasteiger partial charge on any atom is -0.344 e. The van der Waals surface area contributed by atoms with Gasteiger partial charge in [-0.15, -0.1) is 0 Å². The second kappa shape index (κ2) is 4.98. The van der Waals surface area contributed by atoms with E-state index < -0.39 is 12.1 Å². The van der Waals surface area contributed by atoms with Gasteiger partial charge in [-0.3, -0.25) is 4.79 Å². The molecule has 3 N–H and O–H groups in total. The average molecular weight is 232 g/mol. The third kappa shape index (κ3) is 3.54. The molecule has 88 valence electrons. The van der Waals surface area contributed by atoms with Crippen LogP contribution in [-0.2, 0) is 17.9 Å². The summed E-state index contributed by atoms with van der Waals surface area (Å²) in [6, 6.07) is 6.65. The molecule has 0 aliphatic heterocycles. The number of carbonyl (C=O) groups excluding carboxylic acids is 1. The van der Waals surface area contributed by atoms with Gasteiger partial charge < -0.3 is 11.1 Å². The van der Waals surface area contributed by atoms with E-state index in [1.807, 2.05) is 0 Å². The predicted molar refractivity (Wildman–Crippen MR) is 52.2 cm³/mol. The van der Waals surface area contributed by atoms with Crippen LogP contribution in [0, 0.1) is 0 Å². The van der Waals surface area contributed by atoms with Crippen LogP contribution in [0.3, 0.4) is 0 Å². The van der Waals surface area contributed by atoms with Crippen molar-refractivity contribution in [3.63, 3.8) is 0 Å². The van der Waals surface area contributed by atoms with Crippen molar-refractivity contribution in [1.29, 1.82) is 0 Å². The lowest BCUT2D eigenvalue weighted by Crippen LogP contribution is -2.36. The van der Waals surface area contributed by atoms with Crippen LogP contribution in [0.5, 0.6) is 0 Å². The number of alkyl halides is 3. The largest absolute Gasteiger partial charge is 0.471 e. The monoisotopic (exact) mass is 232 g/mol. The van der Waals surface area contributed by atoms with Gasteiger partial charge in [-0.1, -0.05) is 24.3 Å². The Morgan fingerprint density at radius 3 is 2.12 bits per heavy atom. The number of benzene rings is 1. The van der Waals surface area contributed by atoms with Crippen molar-refractivity contribution < 1.29 is 18.0 Å². The predicted octanol–water partition coefficient (Wildman–Crippen LogP) is 1.32. The molecule has 6 heteroatoms. The number of nitrogens with two attached hydrogens (primary N) is 1. The van der Waals surface area contributed by atoms with E-state index in [1.165, 1.54) is 0 Å². The maximum absolute atomic E-state index is 11.8. The molecule has 0 saturated heterocycles. The van der Waals surface area contributed by atoms with Crippen LogP contribution in [-0.4, -0.2) is 12.1 Å². The molecule has 0 saturated carbocycles. The highest BCUT2D eigenvalue weighted by atomic mass is 19.4. The maximum Gasteiger partial charge on any atom is 0.471 e. The van der Waals surface area contributed by atoms with Gasteiger partial charge in [0.2, 0.25) is 0 Å². The Bertz CT molecular complexity index is 359. The van der Waals surface area contributed by atoms with Gasteiger partial charge in [-0.2, -0.15) is 13.2 Å². The SMILES string of the molecule is NCc1ccc(CNC(=O)C(F)(F)F)cc1. The molecule has 1 aromatic rings. The fourth-order valence-electron chi connectivity index (χ4n) is 1.08. The number of halogens is 3. The minimum absolute atomic E-state index is 0.150. The normalized spacial score (nSPS) is 11.2. The van der Waals surface area contributed by atoms with Crippen LogP contribution in [0.4, 0.5) is 13.2 Å². The van der Waals surface area contributed by atoms with Crippen molar-refractivity contribution in [2.45, 2.75) is 19.3 Å². The first-order valence-corrected chi connectivity index (χ1v) is 4.56. The maximum atomic E-state index is 11.8. The highest BCUT2D eigenvalue weighted by Crippen LogP contribution is 2.14. The van der Waals surface area contributed by atoms with E-state index in [-0.39, 0.29) is 6.54 Å². The quantitative estimate of drug-likeness (QED) is 0.825. The van der Waals surface area contributed by atoms with Crippen molar-refractivity contribution in [3.05, 3.63) is 35.4 Å². The zero-order valence-corrected chi connectivity index (χ0v) is 8.34. The van der Waals surface area contributed by atoms with Crippen molar-refractivity contribution >= 4 is 5.91 Å². The van der Waals surface area contributed by atoms with Crippen LogP contribution >= 0.6 is 0 Å². The molecule has 1 rings (SSSR count). The van der Waals surface area contributed by atoms with Gasteiger partial charge in [0.05, 0.1) is 0 Å². The van der Waals surface area contributed by atoms with Gasteiger partial charge in [0.1, 0.15) is 0 Å². The fourth-order valence-corrected chi connectivity index (χ4v) is 1.08. The molecule has 0 fully saturated rings. The second-order valence-electron chi connectivity index (χ2n) is 3.20. The molecular weight excluding hydrogens is 221 g/mol.